The highest BCUT2D eigenvalue weighted by atomic mass is 32.2. The molecule has 0 bridgehead atoms. The summed E-state index contributed by atoms with van der Waals surface area (Å²) in [4.78, 5) is 23.7. The molecule has 0 fully saturated rings. The Kier molecular flexibility index (Phi) is 8.06. The molecule has 0 saturated heterocycles. The number of anilines is 2. The lowest BCUT2D eigenvalue weighted by atomic mass is 10.1. The summed E-state index contributed by atoms with van der Waals surface area (Å²) >= 11 is 2.32. The van der Waals surface area contributed by atoms with E-state index in [9.17, 15) is 18.0 Å². The summed E-state index contributed by atoms with van der Waals surface area (Å²) < 4.78 is 31.1. The molecule has 0 atom stereocenters. The zero-order valence-electron chi connectivity index (χ0n) is 18.1. The van der Waals surface area contributed by atoms with Crippen LogP contribution in [0.3, 0.4) is 0 Å². The number of thioether (sulfide) groups is 1. The van der Waals surface area contributed by atoms with E-state index >= 15 is 0 Å². The van der Waals surface area contributed by atoms with Crippen LogP contribution in [0.25, 0.3) is 0 Å². The number of aromatic nitrogens is 2. The second-order valence-corrected chi connectivity index (χ2v) is 11.1. The van der Waals surface area contributed by atoms with Crippen molar-refractivity contribution in [3.63, 3.8) is 0 Å². The monoisotopic (exact) mass is 506 g/mol. The van der Waals surface area contributed by atoms with E-state index in [0.29, 0.717) is 20.7 Å². The van der Waals surface area contributed by atoms with Crippen LogP contribution in [0, 0.1) is 6.92 Å². The molecule has 1 aromatic heterocycles. The molecule has 2 aromatic carbocycles. The van der Waals surface area contributed by atoms with E-state index in [4.69, 9.17) is 0 Å². The van der Waals surface area contributed by atoms with Gasteiger partial charge in [-0.2, -0.15) is 0 Å². The normalized spacial score (nSPS) is 11.1. The van der Waals surface area contributed by atoms with Gasteiger partial charge in [0.15, 0.2) is 4.34 Å². The third kappa shape index (κ3) is 7.01. The summed E-state index contributed by atoms with van der Waals surface area (Å²) in [7, 11) is -2.19. The maximum absolute atomic E-state index is 12.5. The van der Waals surface area contributed by atoms with E-state index in [2.05, 4.69) is 20.3 Å². The van der Waals surface area contributed by atoms with Gasteiger partial charge in [0.2, 0.25) is 15.2 Å². The first kappa shape index (κ1) is 24.7. The van der Waals surface area contributed by atoms with E-state index in [0.717, 1.165) is 28.7 Å². The molecule has 0 aliphatic rings. The highest BCUT2D eigenvalue weighted by Gasteiger charge is 2.18. The lowest BCUT2D eigenvalue weighted by molar-refractivity contribution is -0.137. The summed E-state index contributed by atoms with van der Waals surface area (Å²) in [6.07, 6.45) is 1.16. The first-order chi connectivity index (χ1) is 15.7. The fourth-order valence-electron chi connectivity index (χ4n) is 2.78. The van der Waals surface area contributed by atoms with Crippen molar-refractivity contribution in [2.45, 2.75) is 17.8 Å². The molecule has 0 aliphatic carbocycles. The molecule has 0 spiro atoms. The molecular formula is C21H22N4O5S3. The third-order valence-corrected chi connectivity index (χ3v) is 7.49. The lowest BCUT2D eigenvalue weighted by Crippen LogP contribution is -2.29. The van der Waals surface area contributed by atoms with Gasteiger partial charge < -0.3 is 4.74 Å². The number of sulfonamides is 1. The maximum atomic E-state index is 12.5. The van der Waals surface area contributed by atoms with Crippen LogP contribution in [0.15, 0.2) is 52.9 Å². The van der Waals surface area contributed by atoms with Crippen molar-refractivity contribution in [1.82, 2.24) is 10.2 Å². The quantitative estimate of drug-likeness (QED) is 0.267. The van der Waals surface area contributed by atoms with Gasteiger partial charge in [0, 0.05) is 5.56 Å². The Balaban J connectivity index is 1.66. The number of esters is 1. The van der Waals surface area contributed by atoms with Crippen LogP contribution >= 0.6 is 23.1 Å². The van der Waals surface area contributed by atoms with Crippen LogP contribution < -0.4 is 9.62 Å². The molecule has 0 unspecified atom stereocenters. The molecule has 0 radical (unpaired) electrons. The average Bonchev–Trinajstić information content (AvgIpc) is 3.22. The Labute approximate surface area is 200 Å². The van der Waals surface area contributed by atoms with Crippen LogP contribution in [0.1, 0.15) is 21.5 Å². The molecule has 174 valence electrons. The first-order valence-electron chi connectivity index (χ1n) is 9.63. The average molecular weight is 507 g/mol. The highest BCUT2D eigenvalue weighted by Crippen LogP contribution is 2.26. The summed E-state index contributed by atoms with van der Waals surface area (Å²) in [5, 5.41) is 10.8. The molecule has 9 nitrogen and oxygen atoms in total. The molecule has 12 heteroatoms. The fraction of sp³-hybridized carbons (Fsp3) is 0.238. The van der Waals surface area contributed by atoms with Gasteiger partial charge in [0.1, 0.15) is 0 Å². The van der Waals surface area contributed by atoms with Gasteiger partial charge >= 0.3 is 5.97 Å². The largest absolute Gasteiger partial charge is 0.468 e. The van der Waals surface area contributed by atoms with Crippen molar-refractivity contribution < 1.29 is 22.7 Å². The predicted molar refractivity (Wildman–Crippen MR) is 129 cm³/mol. The van der Waals surface area contributed by atoms with Crippen LogP contribution in [0.5, 0.6) is 0 Å². The number of methoxy groups -OCH3 is 1. The van der Waals surface area contributed by atoms with Crippen molar-refractivity contribution in [2.24, 2.45) is 0 Å². The second-order valence-electron chi connectivity index (χ2n) is 7.00. The van der Waals surface area contributed by atoms with Gasteiger partial charge in [-0.3, -0.25) is 19.2 Å². The van der Waals surface area contributed by atoms with E-state index in [1.165, 1.54) is 23.2 Å². The maximum Gasteiger partial charge on any atom is 0.316 e. The number of ether oxygens (including phenoxy) is 1. The number of nitrogens with one attached hydrogen (secondary N) is 1. The number of rotatable bonds is 9. The van der Waals surface area contributed by atoms with Crippen LogP contribution in [0.2, 0.25) is 0 Å². The second kappa shape index (κ2) is 10.8. The van der Waals surface area contributed by atoms with E-state index < -0.39 is 10.0 Å². The van der Waals surface area contributed by atoms with Crippen LogP contribution in [-0.2, 0) is 26.1 Å². The Morgan fingerprint density at radius 3 is 2.52 bits per heavy atom. The van der Waals surface area contributed by atoms with Gasteiger partial charge in [-0.25, -0.2) is 8.42 Å². The summed E-state index contributed by atoms with van der Waals surface area (Å²) in [5.74, 6) is -0.647. The molecule has 0 aliphatic heterocycles. The van der Waals surface area contributed by atoms with E-state index in [-0.39, 0.29) is 24.2 Å². The van der Waals surface area contributed by atoms with Crippen molar-refractivity contribution >= 4 is 55.8 Å². The van der Waals surface area contributed by atoms with Crippen molar-refractivity contribution in [1.29, 1.82) is 0 Å². The summed E-state index contributed by atoms with van der Waals surface area (Å²) in [6, 6.07) is 13.9. The smallest absolute Gasteiger partial charge is 0.316 e. The van der Waals surface area contributed by atoms with E-state index in [1.807, 2.05) is 25.1 Å². The standard InChI is InChI=1S/C21H22N4O5S3/c1-14-5-4-6-17(11-14)25(33(3,28)29)12-15-7-9-16(10-8-15)19(27)22-20-23-24-21(32-20)31-13-18(26)30-2/h4-11H,12-13H2,1-3H3,(H,22,23,27). The van der Waals surface area contributed by atoms with Gasteiger partial charge in [-0.15, -0.1) is 10.2 Å². The molecule has 33 heavy (non-hydrogen) atoms. The molecule has 0 saturated carbocycles. The number of amides is 1. The van der Waals surface area contributed by atoms with Gasteiger partial charge in [-0.1, -0.05) is 47.4 Å². The first-order valence-corrected chi connectivity index (χ1v) is 13.3. The minimum atomic E-state index is -3.50. The molecule has 1 amide bonds. The Hall–Kier alpha value is -2.96. The summed E-state index contributed by atoms with van der Waals surface area (Å²) in [6.45, 7) is 2.04. The number of hydrogen-bond donors (Lipinski definition) is 1. The third-order valence-electron chi connectivity index (χ3n) is 4.40. The number of carbonyl (C=O) groups is 2. The minimum absolute atomic E-state index is 0.105. The highest BCUT2D eigenvalue weighted by molar-refractivity contribution is 8.01. The molecule has 1 N–H and O–H groups in total. The van der Waals surface area contributed by atoms with Crippen LogP contribution in [-0.4, -0.2) is 49.6 Å². The number of nitrogens with zero attached hydrogens (tertiary/aromatic N) is 3. The van der Waals surface area contributed by atoms with Crippen molar-refractivity contribution in [2.75, 3.05) is 28.7 Å². The zero-order valence-corrected chi connectivity index (χ0v) is 20.6. The van der Waals surface area contributed by atoms with Crippen LogP contribution in [0.4, 0.5) is 10.8 Å². The number of benzene rings is 2. The molecule has 1 heterocycles. The SMILES string of the molecule is COC(=O)CSc1nnc(NC(=O)c2ccc(CN(c3cccc(C)c3)S(C)(=O)=O)cc2)s1. The number of carbonyl (C=O) groups excluding carboxylic acids is 2. The van der Waals surface area contributed by atoms with Crippen molar-refractivity contribution in [3.8, 4) is 0 Å². The lowest BCUT2D eigenvalue weighted by Gasteiger charge is -2.23. The minimum Gasteiger partial charge on any atom is -0.468 e. The van der Waals surface area contributed by atoms with Gasteiger partial charge in [-0.05, 0) is 42.3 Å². The zero-order chi connectivity index (χ0) is 24.0. The fourth-order valence-corrected chi connectivity index (χ4v) is 5.24. The Bertz CT molecular complexity index is 1240. The summed E-state index contributed by atoms with van der Waals surface area (Å²) in [5.41, 5.74) is 2.66. The topological polar surface area (TPSA) is 119 Å². The number of hydrogen-bond acceptors (Lipinski definition) is 9. The van der Waals surface area contributed by atoms with Gasteiger partial charge in [0.25, 0.3) is 5.91 Å². The Morgan fingerprint density at radius 1 is 1.15 bits per heavy atom. The van der Waals surface area contributed by atoms with E-state index in [1.54, 1.807) is 30.3 Å². The molecule has 3 rings (SSSR count). The molecular weight excluding hydrogens is 484 g/mol. The number of aryl methyl sites for hydroxylation is 1. The van der Waals surface area contributed by atoms with Crippen molar-refractivity contribution in [3.05, 3.63) is 65.2 Å². The predicted octanol–water partition coefficient (Wildman–Crippen LogP) is 3.33. The molecule has 3 aromatic rings. The van der Waals surface area contributed by atoms with Gasteiger partial charge in [0.05, 0.1) is 31.4 Å². The Morgan fingerprint density at radius 2 is 1.88 bits per heavy atom.